The molecule has 2 N–H and O–H groups in total. The quantitative estimate of drug-likeness (QED) is 0.422. The Hall–Kier alpha value is -2.24. The van der Waals surface area contributed by atoms with Crippen LogP contribution in [0.3, 0.4) is 0 Å². The maximum absolute atomic E-state index is 6.53. The number of guanidine groups is 1. The van der Waals surface area contributed by atoms with Crippen molar-refractivity contribution in [2.45, 2.75) is 18.3 Å². The summed E-state index contributed by atoms with van der Waals surface area (Å²) in [5.74, 6) is 1.63. The maximum Gasteiger partial charge on any atom is 0.191 e. The van der Waals surface area contributed by atoms with Gasteiger partial charge in [0.2, 0.25) is 0 Å². The van der Waals surface area contributed by atoms with Crippen LogP contribution in [0.4, 0.5) is 0 Å². The summed E-state index contributed by atoms with van der Waals surface area (Å²) in [4.78, 5) is 4.34. The topological polar surface area (TPSA) is 54.9 Å². The van der Waals surface area contributed by atoms with Crippen LogP contribution in [0.15, 0.2) is 59.6 Å². The summed E-state index contributed by atoms with van der Waals surface area (Å²) in [5, 5.41) is 7.60. The fraction of sp³-hybridized carbons (Fsp3) is 0.409. The molecule has 5 nitrogen and oxygen atoms in total. The SMILES string of the molecule is CN=C(NCCOc1ccccc1)NCC1(c2ccccc2Cl)CCOCC1. The molecule has 0 atom stereocenters. The maximum atomic E-state index is 6.53. The molecule has 1 heterocycles. The minimum atomic E-state index is -0.0608. The molecule has 1 aliphatic rings. The van der Waals surface area contributed by atoms with Crippen LogP contribution in [0.1, 0.15) is 18.4 Å². The summed E-state index contributed by atoms with van der Waals surface area (Å²) < 4.78 is 11.3. The molecule has 0 amide bonds. The van der Waals surface area contributed by atoms with Gasteiger partial charge < -0.3 is 20.1 Å². The van der Waals surface area contributed by atoms with Crippen molar-refractivity contribution >= 4 is 17.6 Å². The average molecular weight is 402 g/mol. The molecule has 0 aromatic heterocycles. The molecule has 3 rings (SSSR count). The molecule has 28 heavy (non-hydrogen) atoms. The summed E-state index contributed by atoms with van der Waals surface area (Å²) in [6.07, 6.45) is 1.86. The molecule has 2 aromatic rings. The largest absolute Gasteiger partial charge is 0.492 e. The highest BCUT2D eigenvalue weighted by atomic mass is 35.5. The lowest BCUT2D eigenvalue weighted by molar-refractivity contribution is 0.0514. The number of para-hydroxylation sites is 1. The molecule has 0 aliphatic carbocycles. The average Bonchev–Trinajstić information content (AvgIpc) is 2.75. The third-order valence-electron chi connectivity index (χ3n) is 5.12. The number of benzene rings is 2. The molecule has 1 aliphatic heterocycles. The van der Waals surface area contributed by atoms with Gasteiger partial charge >= 0.3 is 0 Å². The molecule has 0 radical (unpaired) electrons. The van der Waals surface area contributed by atoms with Gasteiger partial charge in [0.1, 0.15) is 12.4 Å². The Morgan fingerprint density at radius 2 is 1.79 bits per heavy atom. The van der Waals surface area contributed by atoms with E-state index in [-0.39, 0.29) is 5.41 Å². The Kier molecular flexibility index (Phi) is 7.57. The monoisotopic (exact) mass is 401 g/mol. The highest BCUT2D eigenvalue weighted by molar-refractivity contribution is 6.31. The van der Waals surface area contributed by atoms with Gasteiger partial charge in [-0.3, -0.25) is 4.99 Å². The fourth-order valence-electron chi connectivity index (χ4n) is 3.52. The van der Waals surface area contributed by atoms with Crippen LogP contribution < -0.4 is 15.4 Å². The third-order valence-corrected chi connectivity index (χ3v) is 5.45. The molecular formula is C22H28ClN3O2. The van der Waals surface area contributed by atoms with Crippen molar-refractivity contribution in [3.8, 4) is 5.75 Å². The van der Waals surface area contributed by atoms with Gasteiger partial charge in [0.05, 0.1) is 6.54 Å². The second-order valence-electron chi connectivity index (χ2n) is 6.89. The molecule has 2 aromatic carbocycles. The van der Waals surface area contributed by atoms with Crippen LogP contribution in [-0.2, 0) is 10.2 Å². The van der Waals surface area contributed by atoms with E-state index in [9.17, 15) is 0 Å². The van der Waals surface area contributed by atoms with Crippen molar-refractivity contribution < 1.29 is 9.47 Å². The van der Waals surface area contributed by atoms with E-state index in [0.717, 1.165) is 49.3 Å². The predicted molar refractivity (Wildman–Crippen MR) is 114 cm³/mol. The van der Waals surface area contributed by atoms with E-state index in [4.69, 9.17) is 21.1 Å². The normalized spacial score (nSPS) is 16.4. The lowest BCUT2D eigenvalue weighted by Gasteiger charge is -2.38. The van der Waals surface area contributed by atoms with E-state index in [1.54, 1.807) is 7.05 Å². The van der Waals surface area contributed by atoms with E-state index < -0.39 is 0 Å². The first kappa shape index (κ1) is 20.5. The number of hydrogen-bond acceptors (Lipinski definition) is 3. The number of hydrogen-bond donors (Lipinski definition) is 2. The molecule has 1 fully saturated rings. The number of nitrogens with one attached hydrogen (secondary N) is 2. The van der Waals surface area contributed by atoms with Crippen molar-refractivity contribution in [3.05, 3.63) is 65.2 Å². The number of halogens is 1. The van der Waals surface area contributed by atoms with Crippen molar-refractivity contribution in [1.29, 1.82) is 0 Å². The van der Waals surface area contributed by atoms with Crippen molar-refractivity contribution in [1.82, 2.24) is 10.6 Å². The number of nitrogens with zero attached hydrogens (tertiary/aromatic N) is 1. The smallest absolute Gasteiger partial charge is 0.191 e. The zero-order valence-electron chi connectivity index (χ0n) is 16.3. The number of rotatable bonds is 7. The Labute approximate surface area is 172 Å². The Morgan fingerprint density at radius 3 is 2.50 bits per heavy atom. The van der Waals surface area contributed by atoms with Gasteiger partial charge in [-0.1, -0.05) is 48.0 Å². The molecule has 1 saturated heterocycles. The first-order valence-corrected chi connectivity index (χ1v) is 10.1. The third kappa shape index (κ3) is 5.40. The molecule has 0 bridgehead atoms. The highest BCUT2D eigenvalue weighted by Gasteiger charge is 2.36. The second kappa shape index (κ2) is 10.3. The van der Waals surface area contributed by atoms with Gasteiger partial charge in [-0.2, -0.15) is 0 Å². The van der Waals surface area contributed by atoms with Gasteiger partial charge in [0.15, 0.2) is 5.96 Å². The minimum Gasteiger partial charge on any atom is -0.492 e. The van der Waals surface area contributed by atoms with E-state index >= 15 is 0 Å². The van der Waals surface area contributed by atoms with Crippen LogP contribution in [0.5, 0.6) is 5.75 Å². The summed E-state index contributed by atoms with van der Waals surface area (Å²) in [7, 11) is 1.78. The van der Waals surface area contributed by atoms with Crippen molar-refractivity contribution in [2.75, 3.05) is 40.0 Å². The molecule has 0 saturated carbocycles. The second-order valence-corrected chi connectivity index (χ2v) is 7.29. The van der Waals surface area contributed by atoms with E-state index in [0.29, 0.717) is 13.2 Å². The first-order valence-electron chi connectivity index (χ1n) is 9.69. The lowest BCUT2D eigenvalue weighted by Crippen LogP contribution is -2.48. The Morgan fingerprint density at radius 1 is 1.07 bits per heavy atom. The predicted octanol–water partition coefficient (Wildman–Crippen LogP) is 3.63. The summed E-state index contributed by atoms with van der Waals surface area (Å²) in [6.45, 7) is 3.46. The summed E-state index contributed by atoms with van der Waals surface area (Å²) in [6, 6.07) is 17.9. The van der Waals surface area contributed by atoms with E-state index in [1.165, 1.54) is 5.56 Å². The lowest BCUT2D eigenvalue weighted by atomic mass is 9.74. The van der Waals surface area contributed by atoms with Crippen LogP contribution in [-0.4, -0.2) is 45.9 Å². The summed E-state index contributed by atoms with van der Waals surface area (Å²) in [5.41, 5.74) is 1.12. The van der Waals surface area contributed by atoms with Crippen LogP contribution in [0.2, 0.25) is 5.02 Å². The van der Waals surface area contributed by atoms with Gasteiger partial charge in [-0.15, -0.1) is 0 Å². The van der Waals surface area contributed by atoms with Gasteiger partial charge in [-0.25, -0.2) is 0 Å². The molecule has 0 spiro atoms. The zero-order valence-corrected chi connectivity index (χ0v) is 17.0. The van der Waals surface area contributed by atoms with Crippen molar-refractivity contribution in [2.24, 2.45) is 4.99 Å². The number of aliphatic imine (C=N–C) groups is 1. The minimum absolute atomic E-state index is 0.0608. The molecule has 150 valence electrons. The first-order chi connectivity index (χ1) is 13.7. The molecular weight excluding hydrogens is 374 g/mol. The van der Waals surface area contributed by atoms with Crippen LogP contribution in [0.25, 0.3) is 0 Å². The Bertz CT molecular complexity index is 761. The van der Waals surface area contributed by atoms with Crippen LogP contribution >= 0.6 is 11.6 Å². The zero-order chi connectivity index (χ0) is 19.7. The van der Waals surface area contributed by atoms with Crippen molar-refractivity contribution in [3.63, 3.8) is 0 Å². The van der Waals surface area contributed by atoms with Gasteiger partial charge in [0.25, 0.3) is 0 Å². The van der Waals surface area contributed by atoms with Gasteiger partial charge in [-0.05, 0) is 36.6 Å². The number of ether oxygens (including phenoxy) is 2. The van der Waals surface area contributed by atoms with E-state index in [1.807, 2.05) is 48.5 Å². The molecule has 6 heteroatoms. The van der Waals surface area contributed by atoms with E-state index in [2.05, 4.69) is 21.7 Å². The summed E-state index contributed by atoms with van der Waals surface area (Å²) >= 11 is 6.53. The van der Waals surface area contributed by atoms with Gasteiger partial charge in [0, 0.05) is 37.2 Å². The van der Waals surface area contributed by atoms with Crippen LogP contribution in [0, 0.1) is 0 Å². The fourth-order valence-corrected chi connectivity index (χ4v) is 3.86. The molecule has 0 unspecified atom stereocenters. The highest BCUT2D eigenvalue weighted by Crippen LogP contribution is 2.38. The Balaban J connectivity index is 1.55. The standard InChI is InChI=1S/C22H28ClN3O2/c1-24-21(25-13-16-28-18-7-3-2-4-8-18)26-17-22(11-14-27-15-12-22)19-9-5-6-10-20(19)23/h2-10H,11-17H2,1H3,(H2,24,25,26).